The first-order valence-electron chi connectivity index (χ1n) is 7.04. The van der Waals surface area contributed by atoms with Crippen LogP contribution < -0.4 is 5.32 Å². The highest BCUT2D eigenvalue weighted by molar-refractivity contribution is 5.44. The van der Waals surface area contributed by atoms with Crippen LogP contribution in [0, 0.1) is 13.8 Å². The predicted octanol–water partition coefficient (Wildman–Crippen LogP) is 5.20. The molecule has 1 nitrogen and oxygen atoms in total. The number of anilines is 1. The number of rotatable bonds is 4. The minimum atomic E-state index is 1.08. The molecule has 0 fully saturated rings. The molecule has 0 atom stereocenters. The van der Waals surface area contributed by atoms with E-state index < -0.39 is 0 Å². The Morgan fingerprint density at radius 1 is 0.789 bits per heavy atom. The van der Waals surface area contributed by atoms with E-state index >= 15 is 0 Å². The second-order valence-electron chi connectivity index (χ2n) is 4.80. The van der Waals surface area contributed by atoms with Crippen molar-refractivity contribution in [3.8, 4) is 0 Å². The predicted molar refractivity (Wildman–Crippen MR) is 85.8 cm³/mol. The lowest BCUT2D eigenvalue weighted by molar-refractivity contribution is 0.834. The maximum atomic E-state index is 3.37. The van der Waals surface area contributed by atoms with E-state index in [4.69, 9.17) is 0 Å². The molecule has 0 spiro atoms. The van der Waals surface area contributed by atoms with Gasteiger partial charge in [-0.3, -0.25) is 0 Å². The summed E-state index contributed by atoms with van der Waals surface area (Å²) in [5.41, 5.74) is 3.87. The van der Waals surface area contributed by atoms with Crippen LogP contribution >= 0.6 is 0 Å². The Morgan fingerprint density at radius 3 is 1.84 bits per heavy atom. The van der Waals surface area contributed by atoms with Gasteiger partial charge in [0.25, 0.3) is 0 Å². The fourth-order valence-electron chi connectivity index (χ4n) is 1.62. The molecule has 0 saturated carbocycles. The summed E-state index contributed by atoms with van der Waals surface area (Å²) in [6.45, 7) is 7.48. The molecule has 1 heteroatoms. The van der Waals surface area contributed by atoms with E-state index in [1.54, 1.807) is 0 Å². The number of benzene rings is 2. The van der Waals surface area contributed by atoms with Crippen molar-refractivity contribution in [2.75, 3.05) is 11.9 Å². The molecule has 0 bridgehead atoms. The highest BCUT2D eigenvalue weighted by Crippen LogP contribution is 2.08. The van der Waals surface area contributed by atoms with Gasteiger partial charge < -0.3 is 5.32 Å². The highest BCUT2D eigenvalue weighted by Gasteiger charge is 1.89. The highest BCUT2D eigenvalue weighted by atomic mass is 14.9. The van der Waals surface area contributed by atoms with E-state index in [9.17, 15) is 0 Å². The Morgan fingerprint density at radius 2 is 1.37 bits per heavy atom. The van der Waals surface area contributed by atoms with Gasteiger partial charge in [-0.15, -0.1) is 0 Å². The Balaban J connectivity index is 0.000000218. The van der Waals surface area contributed by atoms with Crippen molar-refractivity contribution in [2.45, 2.75) is 33.6 Å². The third kappa shape index (κ3) is 7.30. The molecule has 0 aromatic heterocycles. The first-order valence-corrected chi connectivity index (χ1v) is 7.04. The fraction of sp³-hybridized carbons (Fsp3) is 0.333. The van der Waals surface area contributed by atoms with E-state index in [2.05, 4.69) is 62.5 Å². The third-order valence-corrected chi connectivity index (χ3v) is 2.85. The van der Waals surface area contributed by atoms with Gasteiger partial charge in [0, 0.05) is 12.2 Å². The molecule has 1 N–H and O–H groups in total. The van der Waals surface area contributed by atoms with E-state index in [0.717, 1.165) is 6.54 Å². The molecular weight excluding hydrogens is 230 g/mol. The smallest absolute Gasteiger partial charge is 0.0340 e. The summed E-state index contributed by atoms with van der Waals surface area (Å²) in [5, 5.41) is 3.37. The summed E-state index contributed by atoms with van der Waals surface area (Å²) in [7, 11) is 0. The van der Waals surface area contributed by atoms with Gasteiger partial charge in [0.05, 0.1) is 0 Å². The van der Waals surface area contributed by atoms with Gasteiger partial charge in [-0.2, -0.15) is 0 Å². The zero-order valence-electron chi connectivity index (χ0n) is 12.3. The molecule has 0 aliphatic heterocycles. The van der Waals surface area contributed by atoms with Gasteiger partial charge in [0.15, 0.2) is 0 Å². The van der Waals surface area contributed by atoms with Gasteiger partial charge in [0.1, 0.15) is 0 Å². The van der Waals surface area contributed by atoms with Gasteiger partial charge in [0.2, 0.25) is 0 Å². The summed E-state index contributed by atoms with van der Waals surface area (Å²) >= 11 is 0. The standard InChI is InChI=1S/C11H17N.C7H8/c1-3-4-9-12-11-7-5-10(2)6-8-11;1-7-5-3-2-4-6-7/h5-8,12H,3-4,9H2,1-2H3;2-6H,1H3. The lowest BCUT2D eigenvalue weighted by Gasteiger charge is -2.04. The van der Waals surface area contributed by atoms with Crippen molar-refractivity contribution in [2.24, 2.45) is 0 Å². The summed E-state index contributed by atoms with van der Waals surface area (Å²) in [6, 6.07) is 18.8. The van der Waals surface area contributed by atoms with Crippen LogP contribution in [-0.4, -0.2) is 6.54 Å². The first-order chi connectivity index (χ1) is 9.22. The van der Waals surface area contributed by atoms with Crippen LogP contribution in [0.25, 0.3) is 0 Å². The number of unbranched alkanes of at least 4 members (excludes halogenated alkanes) is 1. The molecule has 0 unspecified atom stereocenters. The normalized spacial score (nSPS) is 9.42. The van der Waals surface area contributed by atoms with Crippen LogP contribution in [0.4, 0.5) is 5.69 Å². The van der Waals surface area contributed by atoms with Crippen molar-refractivity contribution >= 4 is 5.69 Å². The Labute approximate surface area is 117 Å². The maximum Gasteiger partial charge on any atom is 0.0340 e. The minimum absolute atomic E-state index is 1.08. The Kier molecular flexibility index (Phi) is 7.41. The number of nitrogens with one attached hydrogen (secondary N) is 1. The van der Waals surface area contributed by atoms with Crippen LogP contribution in [0.15, 0.2) is 54.6 Å². The summed E-state index contributed by atoms with van der Waals surface area (Å²) in [4.78, 5) is 0. The van der Waals surface area contributed by atoms with E-state index in [-0.39, 0.29) is 0 Å². The summed E-state index contributed by atoms with van der Waals surface area (Å²) in [5.74, 6) is 0. The number of aryl methyl sites for hydroxylation is 2. The molecule has 0 heterocycles. The SMILES string of the molecule is CCCCNc1ccc(C)cc1.Cc1ccccc1. The minimum Gasteiger partial charge on any atom is -0.385 e. The van der Waals surface area contributed by atoms with Crippen LogP contribution in [0.1, 0.15) is 30.9 Å². The second kappa shape index (κ2) is 9.21. The third-order valence-electron chi connectivity index (χ3n) is 2.85. The Hall–Kier alpha value is -1.76. The average molecular weight is 255 g/mol. The molecule has 2 rings (SSSR count). The molecule has 0 radical (unpaired) electrons. The molecule has 0 aliphatic rings. The quantitative estimate of drug-likeness (QED) is 0.740. The van der Waals surface area contributed by atoms with Crippen LogP contribution in [-0.2, 0) is 0 Å². The molecule has 102 valence electrons. The van der Waals surface area contributed by atoms with Gasteiger partial charge >= 0.3 is 0 Å². The molecule has 2 aromatic carbocycles. The van der Waals surface area contributed by atoms with Crippen LogP contribution in [0.5, 0.6) is 0 Å². The first kappa shape index (κ1) is 15.3. The van der Waals surface area contributed by atoms with E-state index in [1.165, 1.54) is 29.7 Å². The average Bonchev–Trinajstić information content (AvgIpc) is 2.43. The van der Waals surface area contributed by atoms with Crippen molar-refractivity contribution in [3.63, 3.8) is 0 Å². The molecule has 19 heavy (non-hydrogen) atoms. The molecule has 0 amide bonds. The van der Waals surface area contributed by atoms with Crippen LogP contribution in [0.2, 0.25) is 0 Å². The maximum absolute atomic E-state index is 3.37. The molecule has 2 aromatic rings. The van der Waals surface area contributed by atoms with Crippen molar-refractivity contribution in [1.29, 1.82) is 0 Å². The number of hydrogen-bond acceptors (Lipinski definition) is 1. The fourth-order valence-corrected chi connectivity index (χ4v) is 1.62. The zero-order valence-corrected chi connectivity index (χ0v) is 12.3. The van der Waals surface area contributed by atoms with Crippen molar-refractivity contribution in [3.05, 3.63) is 65.7 Å². The monoisotopic (exact) mass is 255 g/mol. The lowest BCUT2D eigenvalue weighted by atomic mass is 10.2. The van der Waals surface area contributed by atoms with E-state index in [1.807, 2.05) is 18.2 Å². The lowest BCUT2D eigenvalue weighted by Crippen LogP contribution is -2.00. The topological polar surface area (TPSA) is 12.0 Å². The largest absolute Gasteiger partial charge is 0.385 e. The van der Waals surface area contributed by atoms with Gasteiger partial charge in [-0.25, -0.2) is 0 Å². The molecule has 0 saturated heterocycles. The summed E-state index contributed by atoms with van der Waals surface area (Å²) < 4.78 is 0. The second-order valence-corrected chi connectivity index (χ2v) is 4.80. The van der Waals surface area contributed by atoms with Crippen LogP contribution in [0.3, 0.4) is 0 Å². The summed E-state index contributed by atoms with van der Waals surface area (Å²) in [6.07, 6.45) is 2.49. The van der Waals surface area contributed by atoms with Gasteiger partial charge in [-0.1, -0.05) is 66.9 Å². The van der Waals surface area contributed by atoms with Crippen molar-refractivity contribution in [1.82, 2.24) is 0 Å². The molecule has 0 aliphatic carbocycles. The Bertz CT molecular complexity index is 431. The number of hydrogen-bond donors (Lipinski definition) is 1. The van der Waals surface area contributed by atoms with Crippen molar-refractivity contribution < 1.29 is 0 Å². The van der Waals surface area contributed by atoms with E-state index in [0.29, 0.717) is 0 Å². The molecular formula is C18H25N. The van der Waals surface area contributed by atoms with Gasteiger partial charge in [-0.05, 0) is 32.4 Å². The zero-order chi connectivity index (χ0) is 13.9.